The molecule has 0 saturated carbocycles. The molecule has 0 saturated heterocycles. The van der Waals surface area contributed by atoms with E-state index >= 15 is 0 Å². The number of nitrogens with zero attached hydrogens (tertiary/aromatic N) is 1. The van der Waals surface area contributed by atoms with Crippen molar-refractivity contribution >= 4 is 18.1 Å². The van der Waals surface area contributed by atoms with Crippen LogP contribution in [0.25, 0.3) is 0 Å². The smallest absolute Gasteiger partial charge is 0.335 e. The molecule has 3 N–H and O–H groups in total. The number of aliphatic hydroxyl groups is 1. The number of aromatic carboxylic acids is 1. The van der Waals surface area contributed by atoms with Crippen molar-refractivity contribution < 1.29 is 24.5 Å². The Bertz CT molecular complexity index is 1300. The molecule has 0 aromatic heterocycles. The maximum absolute atomic E-state index is 13.1. The molecule has 7 nitrogen and oxygen atoms in total. The molecule has 0 spiro atoms. The van der Waals surface area contributed by atoms with E-state index in [1.54, 1.807) is 84.9 Å². The van der Waals surface area contributed by atoms with E-state index in [-0.39, 0.29) is 5.56 Å². The van der Waals surface area contributed by atoms with Gasteiger partial charge in [-0.2, -0.15) is 5.10 Å². The van der Waals surface area contributed by atoms with Crippen LogP contribution in [0.5, 0.6) is 5.75 Å². The SMILES string of the molecule is O=C(O)c1ccc(COc2ccc(/C=N\NC(=O)C(O)(c3ccccc3)c3ccccc3)cc2)cc1. The Labute approximate surface area is 208 Å². The molecule has 7 heteroatoms. The maximum Gasteiger partial charge on any atom is 0.335 e. The Morgan fingerprint density at radius 1 is 0.806 bits per heavy atom. The fourth-order valence-electron chi connectivity index (χ4n) is 3.59. The molecule has 4 rings (SSSR count). The number of rotatable bonds is 9. The predicted octanol–water partition coefficient (Wildman–Crippen LogP) is 4.35. The Morgan fingerprint density at radius 3 is 1.89 bits per heavy atom. The highest BCUT2D eigenvalue weighted by molar-refractivity contribution is 5.91. The Morgan fingerprint density at radius 2 is 1.36 bits per heavy atom. The molecule has 0 heterocycles. The van der Waals surface area contributed by atoms with Crippen molar-refractivity contribution in [3.05, 3.63) is 137 Å². The molecule has 0 aliphatic heterocycles. The van der Waals surface area contributed by atoms with Gasteiger partial charge in [0.25, 0.3) is 5.91 Å². The third kappa shape index (κ3) is 5.65. The van der Waals surface area contributed by atoms with Crippen molar-refractivity contribution in [2.24, 2.45) is 5.10 Å². The summed E-state index contributed by atoms with van der Waals surface area (Å²) in [5.41, 5.74) is 3.20. The lowest BCUT2D eigenvalue weighted by Crippen LogP contribution is -2.43. The molecule has 36 heavy (non-hydrogen) atoms. The van der Waals surface area contributed by atoms with Crippen molar-refractivity contribution in [1.29, 1.82) is 0 Å². The minimum Gasteiger partial charge on any atom is -0.489 e. The van der Waals surface area contributed by atoms with Crippen molar-refractivity contribution in [3.63, 3.8) is 0 Å². The number of benzene rings is 4. The standard InChI is InChI=1S/C29H24N2O5/c32-27(33)23-15-11-22(12-16-23)20-36-26-17-13-21(14-18-26)19-30-31-28(34)29(35,24-7-3-1-4-8-24)25-9-5-2-6-10-25/h1-19,35H,20H2,(H,31,34)(H,32,33)/b30-19-. The van der Waals surface area contributed by atoms with Gasteiger partial charge in [-0.3, -0.25) is 4.79 Å². The van der Waals surface area contributed by atoms with E-state index in [2.05, 4.69) is 10.5 Å². The lowest BCUT2D eigenvalue weighted by atomic mass is 9.85. The topological polar surface area (TPSA) is 108 Å². The summed E-state index contributed by atoms with van der Waals surface area (Å²) in [6.07, 6.45) is 1.47. The first-order chi connectivity index (χ1) is 17.5. The summed E-state index contributed by atoms with van der Waals surface area (Å²) < 4.78 is 5.74. The fourth-order valence-corrected chi connectivity index (χ4v) is 3.59. The van der Waals surface area contributed by atoms with Gasteiger partial charge in [-0.05, 0) is 58.7 Å². The van der Waals surface area contributed by atoms with Crippen molar-refractivity contribution in [2.45, 2.75) is 12.2 Å². The summed E-state index contributed by atoms with van der Waals surface area (Å²) >= 11 is 0. The highest BCUT2D eigenvalue weighted by atomic mass is 16.5. The minimum absolute atomic E-state index is 0.223. The quantitative estimate of drug-likeness (QED) is 0.244. The van der Waals surface area contributed by atoms with Gasteiger partial charge in [-0.15, -0.1) is 0 Å². The monoisotopic (exact) mass is 480 g/mol. The van der Waals surface area contributed by atoms with Crippen LogP contribution in [-0.2, 0) is 17.0 Å². The number of carbonyl (C=O) groups is 2. The fraction of sp³-hybridized carbons (Fsp3) is 0.0690. The van der Waals surface area contributed by atoms with Crippen LogP contribution in [0.3, 0.4) is 0 Å². The van der Waals surface area contributed by atoms with Gasteiger partial charge in [0.15, 0.2) is 5.60 Å². The number of nitrogens with one attached hydrogen (secondary N) is 1. The summed E-state index contributed by atoms with van der Waals surface area (Å²) in [5.74, 6) is -1.02. The summed E-state index contributed by atoms with van der Waals surface area (Å²) in [5, 5.41) is 24.4. The van der Waals surface area contributed by atoms with Crippen LogP contribution >= 0.6 is 0 Å². The zero-order chi connectivity index (χ0) is 25.4. The number of hydrogen-bond acceptors (Lipinski definition) is 5. The van der Waals surface area contributed by atoms with E-state index in [0.717, 1.165) is 11.1 Å². The molecule has 0 aliphatic carbocycles. The van der Waals surface area contributed by atoms with Gasteiger partial charge in [-0.1, -0.05) is 72.8 Å². The minimum atomic E-state index is -1.90. The summed E-state index contributed by atoms with van der Waals surface area (Å²) in [4.78, 5) is 24.0. The molecule has 0 radical (unpaired) electrons. The van der Waals surface area contributed by atoms with Gasteiger partial charge in [0, 0.05) is 0 Å². The molecule has 0 bridgehead atoms. The highest BCUT2D eigenvalue weighted by Crippen LogP contribution is 2.29. The van der Waals surface area contributed by atoms with Crippen LogP contribution in [0, 0.1) is 0 Å². The van der Waals surface area contributed by atoms with Crippen molar-refractivity contribution in [2.75, 3.05) is 0 Å². The number of carbonyl (C=O) groups excluding carboxylic acids is 1. The number of amides is 1. The second kappa shape index (κ2) is 11.1. The summed E-state index contributed by atoms with van der Waals surface area (Å²) in [6.45, 7) is 0.293. The Balaban J connectivity index is 1.39. The third-order valence-electron chi connectivity index (χ3n) is 5.58. The third-order valence-corrected chi connectivity index (χ3v) is 5.58. The van der Waals surface area contributed by atoms with E-state index in [0.29, 0.717) is 23.5 Å². The van der Waals surface area contributed by atoms with Crippen LogP contribution < -0.4 is 10.2 Å². The molecule has 4 aromatic rings. The van der Waals surface area contributed by atoms with Crippen LogP contribution in [-0.4, -0.2) is 28.3 Å². The van der Waals surface area contributed by atoms with Crippen LogP contribution in [0.2, 0.25) is 0 Å². The lowest BCUT2D eigenvalue weighted by molar-refractivity contribution is -0.136. The van der Waals surface area contributed by atoms with E-state index in [4.69, 9.17) is 9.84 Å². The molecule has 0 unspecified atom stereocenters. The van der Waals surface area contributed by atoms with E-state index in [1.807, 2.05) is 12.1 Å². The average Bonchev–Trinajstić information content (AvgIpc) is 2.93. The molecular weight excluding hydrogens is 456 g/mol. The average molecular weight is 481 g/mol. The second-order valence-electron chi connectivity index (χ2n) is 8.00. The van der Waals surface area contributed by atoms with Gasteiger partial charge in [0.05, 0.1) is 11.8 Å². The normalized spacial score (nSPS) is 11.2. The molecule has 0 fully saturated rings. The molecule has 180 valence electrons. The van der Waals surface area contributed by atoms with Gasteiger partial charge >= 0.3 is 5.97 Å². The zero-order valence-corrected chi connectivity index (χ0v) is 19.2. The van der Waals surface area contributed by atoms with Gasteiger partial charge in [-0.25, -0.2) is 10.2 Å². The Kier molecular flexibility index (Phi) is 7.53. The molecule has 4 aromatic carbocycles. The van der Waals surface area contributed by atoms with Gasteiger partial charge in [0.2, 0.25) is 0 Å². The zero-order valence-electron chi connectivity index (χ0n) is 19.2. The van der Waals surface area contributed by atoms with Crippen molar-refractivity contribution in [3.8, 4) is 5.75 Å². The molecule has 0 aliphatic rings. The number of carboxylic acid groups (broad SMARTS) is 1. The summed E-state index contributed by atoms with van der Waals surface area (Å²) in [6, 6.07) is 31.0. The van der Waals surface area contributed by atoms with E-state index in [9.17, 15) is 14.7 Å². The first-order valence-electron chi connectivity index (χ1n) is 11.2. The Hall–Kier alpha value is -4.75. The first-order valence-corrected chi connectivity index (χ1v) is 11.2. The lowest BCUT2D eigenvalue weighted by Gasteiger charge is -2.27. The maximum atomic E-state index is 13.1. The highest BCUT2D eigenvalue weighted by Gasteiger charge is 2.39. The molecular formula is C29H24N2O5. The van der Waals surface area contributed by atoms with Crippen LogP contribution in [0.4, 0.5) is 0 Å². The number of hydrazone groups is 1. The predicted molar refractivity (Wildman–Crippen MR) is 136 cm³/mol. The van der Waals surface area contributed by atoms with E-state index < -0.39 is 17.5 Å². The molecule has 0 atom stereocenters. The molecule has 1 amide bonds. The first kappa shape index (κ1) is 24.4. The summed E-state index contributed by atoms with van der Waals surface area (Å²) in [7, 11) is 0. The number of carboxylic acids is 1. The van der Waals surface area contributed by atoms with Crippen LogP contribution in [0.15, 0.2) is 114 Å². The van der Waals surface area contributed by atoms with Crippen molar-refractivity contribution in [1.82, 2.24) is 5.43 Å². The largest absolute Gasteiger partial charge is 0.489 e. The van der Waals surface area contributed by atoms with Crippen LogP contribution in [0.1, 0.15) is 32.6 Å². The van der Waals surface area contributed by atoms with Gasteiger partial charge in [0.1, 0.15) is 12.4 Å². The number of hydrogen-bond donors (Lipinski definition) is 3. The number of ether oxygens (including phenoxy) is 1. The van der Waals surface area contributed by atoms with Gasteiger partial charge < -0.3 is 14.9 Å². The second-order valence-corrected chi connectivity index (χ2v) is 8.00. The van der Waals surface area contributed by atoms with E-state index in [1.165, 1.54) is 18.3 Å².